The first-order valence-corrected chi connectivity index (χ1v) is 9.98. The van der Waals surface area contributed by atoms with E-state index in [2.05, 4.69) is 10.6 Å². The minimum Gasteiger partial charge on any atom is -0.353 e. The number of piperidine rings is 1. The highest BCUT2D eigenvalue weighted by Gasteiger charge is 2.37. The summed E-state index contributed by atoms with van der Waals surface area (Å²) < 4.78 is 27.1. The van der Waals surface area contributed by atoms with E-state index in [9.17, 15) is 13.2 Å². The highest BCUT2D eigenvalue weighted by molar-refractivity contribution is 7.89. The number of halogens is 1. The van der Waals surface area contributed by atoms with Crippen LogP contribution in [0, 0.1) is 0 Å². The van der Waals surface area contributed by atoms with Crippen LogP contribution < -0.4 is 10.6 Å². The number of likely N-dealkylation sites (N-methyl/N-ethyl adjacent to an activating group) is 1. The Kier molecular flexibility index (Phi) is 8.85. The highest BCUT2D eigenvalue weighted by atomic mass is 35.5. The van der Waals surface area contributed by atoms with Gasteiger partial charge in [0.05, 0.1) is 4.90 Å². The van der Waals surface area contributed by atoms with E-state index in [-0.39, 0.29) is 29.3 Å². The van der Waals surface area contributed by atoms with Crippen LogP contribution in [0.15, 0.2) is 35.2 Å². The number of sulfonamides is 1. The monoisotopic (exact) mass is 389 g/mol. The Hall–Kier alpha value is -1.15. The summed E-state index contributed by atoms with van der Waals surface area (Å²) >= 11 is 0. The maximum atomic E-state index is 12.9. The Bertz CT molecular complexity index is 640. The Balaban J connectivity index is 0.00000312. The molecule has 1 unspecified atom stereocenters. The van der Waals surface area contributed by atoms with Gasteiger partial charge in [0.25, 0.3) is 0 Å². The van der Waals surface area contributed by atoms with E-state index in [0.29, 0.717) is 19.5 Å². The molecule has 0 aliphatic carbocycles. The molecule has 8 heteroatoms. The van der Waals surface area contributed by atoms with Gasteiger partial charge < -0.3 is 10.6 Å². The van der Waals surface area contributed by atoms with Gasteiger partial charge >= 0.3 is 0 Å². The quantitative estimate of drug-likeness (QED) is 0.744. The predicted octanol–water partition coefficient (Wildman–Crippen LogP) is 1.77. The minimum atomic E-state index is -3.65. The van der Waals surface area contributed by atoms with Crippen LogP contribution in [0.3, 0.4) is 0 Å². The SMILES string of the molecule is CCN[C@H](C)CNC(=O)C1CCCCN1S(=O)(=O)c1ccccc1.Cl. The van der Waals surface area contributed by atoms with E-state index in [1.165, 1.54) is 4.31 Å². The molecule has 0 bridgehead atoms. The molecule has 6 nitrogen and oxygen atoms in total. The lowest BCUT2D eigenvalue weighted by molar-refractivity contribution is -0.125. The van der Waals surface area contributed by atoms with Crippen molar-refractivity contribution in [3.63, 3.8) is 0 Å². The molecular formula is C17H28ClN3O3S. The van der Waals surface area contributed by atoms with Crippen molar-refractivity contribution < 1.29 is 13.2 Å². The highest BCUT2D eigenvalue weighted by Crippen LogP contribution is 2.25. The normalized spacial score (nSPS) is 19.7. The first-order valence-electron chi connectivity index (χ1n) is 8.54. The largest absolute Gasteiger partial charge is 0.353 e. The molecule has 1 fully saturated rings. The molecule has 0 saturated carbocycles. The van der Waals surface area contributed by atoms with Crippen molar-refractivity contribution in [3.8, 4) is 0 Å². The predicted molar refractivity (Wildman–Crippen MR) is 101 cm³/mol. The van der Waals surface area contributed by atoms with Crippen LogP contribution >= 0.6 is 12.4 Å². The topological polar surface area (TPSA) is 78.5 Å². The van der Waals surface area contributed by atoms with Crippen LogP contribution in [0.4, 0.5) is 0 Å². The Morgan fingerprint density at radius 2 is 1.96 bits per heavy atom. The first-order chi connectivity index (χ1) is 11.5. The summed E-state index contributed by atoms with van der Waals surface area (Å²) in [6.07, 6.45) is 2.21. The molecule has 2 atom stereocenters. The Labute approximate surface area is 156 Å². The number of nitrogens with zero attached hydrogens (tertiary/aromatic N) is 1. The fourth-order valence-electron chi connectivity index (χ4n) is 2.97. The Morgan fingerprint density at radius 1 is 1.28 bits per heavy atom. The zero-order chi connectivity index (χ0) is 17.6. The molecule has 1 aliphatic heterocycles. The van der Waals surface area contributed by atoms with E-state index in [4.69, 9.17) is 0 Å². The number of benzene rings is 1. The second-order valence-electron chi connectivity index (χ2n) is 6.14. The van der Waals surface area contributed by atoms with Gasteiger partial charge in [0.2, 0.25) is 15.9 Å². The number of hydrogen-bond acceptors (Lipinski definition) is 4. The molecule has 142 valence electrons. The summed E-state index contributed by atoms with van der Waals surface area (Å²) in [5, 5.41) is 6.11. The molecule has 0 radical (unpaired) electrons. The average molecular weight is 390 g/mol. The van der Waals surface area contributed by atoms with E-state index >= 15 is 0 Å². The third-order valence-electron chi connectivity index (χ3n) is 4.24. The standard InChI is InChI=1S/C17H27N3O3S.ClH/c1-3-18-14(2)13-19-17(21)16-11-7-8-12-20(16)24(22,23)15-9-5-4-6-10-15;/h4-6,9-10,14,16,18H,3,7-8,11-13H2,1-2H3,(H,19,21);1H/t14-,16?;/m1./s1. The molecule has 2 rings (SSSR count). The molecule has 1 aromatic rings. The lowest BCUT2D eigenvalue weighted by atomic mass is 10.0. The van der Waals surface area contributed by atoms with Crippen molar-refractivity contribution in [2.75, 3.05) is 19.6 Å². The van der Waals surface area contributed by atoms with Gasteiger partial charge in [0.15, 0.2) is 0 Å². The van der Waals surface area contributed by atoms with E-state index in [0.717, 1.165) is 19.4 Å². The van der Waals surface area contributed by atoms with Crippen molar-refractivity contribution in [1.29, 1.82) is 0 Å². The summed E-state index contributed by atoms with van der Waals surface area (Å²) in [5.74, 6) is -0.209. The zero-order valence-corrected chi connectivity index (χ0v) is 16.4. The fraction of sp³-hybridized carbons (Fsp3) is 0.588. The molecule has 1 aromatic carbocycles. The average Bonchev–Trinajstić information content (AvgIpc) is 2.60. The summed E-state index contributed by atoms with van der Waals surface area (Å²) in [6.45, 7) is 5.70. The van der Waals surface area contributed by atoms with Gasteiger partial charge in [0, 0.05) is 19.1 Å². The summed E-state index contributed by atoms with van der Waals surface area (Å²) in [6, 6.07) is 7.85. The van der Waals surface area contributed by atoms with E-state index in [1.807, 2.05) is 13.8 Å². The second-order valence-corrected chi connectivity index (χ2v) is 8.03. The maximum absolute atomic E-state index is 12.9. The molecule has 1 aliphatic rings. The third kappa shape index (κ3) is 5.67. The van der Waals surface area contributed by atoms with Gasteiger partial charge in [-0.1, -0.05) is 31.5 Å². The molecule has 1 saturated heterocycles. The fourth-order valence-corrected chi connectivity index (χ4v) is 4.65. The minimum absolute atomic E-state index is 0. The van der Waals surface area contributed by atoms with Crippen molar-refractivity contribution >= 4 is 28.3 Å². The van der Waals surface area contributed by atoms with Gasteiger partial charge in [-0.15, -0.1) is 12.4 Å². The van der Waals surface area contributed by atoms with Gasteiger partial charge in [-0.25, -0.2) is 8.42 Å². The third-order valence-corrected chi connectivity index (χ3v) is 6.16. The number of hydrogen-bond donors (Lipinski definition) is 2. The van der Waals surface area contributed by atoms with Crippen molar-refractivity contribution in [2.45, 2.75) is 50.1 Å². The van der Waals surface area contributed by atoms with Crippen LogP contribution in [-0.2, 0) is 14.8 Å². The van der Waals surface area contributed by atoms with Crippen LogP contribution in [0.5, 0.6) is 0 Å². The van der Waals surface area contributed by atoms with Crippen LogP contribution in [0.1, 0.15) is 33.1 Å². The molecule has 2 N–H and O–H groups in total. The summed E-state index contributed by atoms with van der Waals surface area (Å²) in [4.78, 5) is 12.8. The smallest absolute Gasteiger partial charge is 0.243 e. The lowest BCUT2D eigenvalue weighted by Gasteiger charge is -2.33. The van der Waals surface area contributed by atoms with Crippen LogP contribution in [0.2, 0.25) is 0 Å². The zero-order valence-electron chi connectivity index (χ0n) is 14.8. The lowest BCUT2D eigenvalue weighted by Crippen LogP contribution is -2.53. The van der Waals surface area contributed by atoms with Gasteiger partial charge in [-0.2, -0.15) is 4.31 Å². The van der Waals surface area contributed by atoms with Crippen molar-refractivity contribution in [1.82, 2.24) is 14.9 Å². The summed E-state index contributed by atoms with van der Waals surface area (Å²) in [7, 11) is -3.65. The molecule has 1 amide bonds. The molecular weight excluding hydrogens is 362 g/mol. The molecule has 25 heavy (non-hydrogen) atoms. The van der Waals surface area contributed by atoms with E-state index in [1.54, 1.807) is 30.3 Å². The molecule has 1 heterocycles. The van der Waals surface area contributed by atoms with Gasteiger partial charge in [-0.3, -0.25) is 4.79 Å². The number of carbonyl (C=O) groups excluding carboxylic acids is 1. The number of carbonyl (C=O) groups is 1. The molecule has 0 aromatic heterocycles. The van der Waals surface area contributed by atoms with E-state index < -0.39 is 16.1 Å². The number of amides is 1. The first kappa shape index (κ1) is 21.9. The maximum Gasteiger partial charge on any atom is 0.243 e. The van der Waals surface area contributed by atoms with Crippen LogP contribution in [-0.4, -0.2) is 50.3 Å². The molecule has 0 spiro atoms. The Morgan fingerprint density at radius 3 is 2.60 bits per heavy atom. The van der Waals surface area contributed by atoms with Gasteiger partial charge in [-0.05, 0) is 38.4 Å². The second kappa shape index (κ2) is 10.1. The van der Waals surface area contributed by atoms with Crippen LogP contribution in [0.25, 0.3) is 0 Å². The van der Waals surface area contributed by atoms with Crippen molar-refractivity contribution in [2.24, 2.45) is 0 Å². The van der Waals surface area contributed by atoms with Gasteiger partial charge in [0.1, 0.15) is 6.04 Å². The number of rotatable bonds is 7. The number of nitrogens with one attached hydrogen (secondary N) is 2. The summed E-state index contributed by atoms with van der Waals surface area (Å²) in [5.41, 5.74) is 0. The van der Waals surface area contributed by atoms with Crippen molar-refractivity contribution in [3.05, 3.63) is 30.3 Å².